The molecule has 2 aliphatic heterocycles. The summed E-state index contributed by atoms with van der Waals surface area (Å²) in [6.45, 7) is 7.78. The van der Waals surface area contributed by atoms with Gasteiger partial charge in [-0.2, -0.15) is 0 Å². The van der Waals surface area contributed by atoms with Crippen molar-refractivity contribution in [3.05, 3.63) is 64.3 Å². The van der Waals surface area contributed by atoms with Gasteiger partial charge >= 0.3 is 6.09 Å². The number of carbonyl (C=O) groups excluding carboxylic acids is 2. The molecule has 39 heavy (non-hydrogen) atoms. The lowest BCUT2D eigenvalue weighted by molar-refractivity contribution is -0.135. The number of rotatable bonds is 8. The number of H-pyrrole nitrogens is 1. The summed E-state index contributed by atoms with van der Waals surface area (Å²) in [5.74, 6) is 0.608. The molecule has 2 aromatic carbocycles. The fourth-order valence-electron chi connectivity index (χ4n) is 5.48. The van der Waals surface area contributed by atoms with Crippen molar-refractivity contribution in [3.8, 4) is 5.75 Å². The molecule has 2 amide bonds. The topological polar surface area (TPSA) is 90.1 Å². The van der Waals surface area contributed by atoms with Crippen molar-refractivity contribution >= 4 is 34.5 Å². The summed E-state index contributed by atoms with van der Waals surface area (Å²) in [4.78, 5) is 35.2. The monoisotopic (exact) mass is 553 g/mol. The number of benzene rings is 2. The Morgan fingerprint density at radius 3 is 2.56 bits per heavy atom. The van der Waals surface area contributed by atoms with Crippen LogP contribution in [-0.4, -0.2) is 97.8 Å². The van der Waals surface area contributed by atoms with E-state index in [0.717, 1.165) is 53.9 Å². The summed E-state index contributed by atoms with van der Waals surface area (Å²) in [5, 5.41) is 4.92. The summed E-state index contributed by atoms with van der Waals surface area (Å²) >= 11 is 6.29. The van der Waals surface area contributed by atoms with Crippen LogP contribution in [0.5, 0.6) is 5.75 Å². The number of aromatic amines is 1. The number of carbonyl (C=O) groups is 2. The average molecular weight is 554 g/mol. The number of likely N-dealkylation sites (N-methyl/N-ethyl adjacent to an activating group) is 1. The Morgan fingerprint density at radius 2 is 1.85 bits per heavy atom. The largest absolute Gasteiger partial charge is 0.484 e. The molecule has 1 saturated heterocycles. The van der Waals surface area contributed by atoms with Crippen molar-refractivity contribution in [3.63, 3.8) is 0 Å². The first kappa shape index (κ1) is 27.3. The highest BCUT2D eigenvalue weighted by molar-refractivity contribution is 6.31. The zero-order valence-electron chi connectivity index (χ0n) is 22.5. The Kier molecular flexibility index (Phi) is 8.60. The normalized spacial score (nSPS) is 17.8. The number of amides is 2. The van der Waals surface area contributed by atoms with Crippen molar-refractivity contribution in [2.75, 3.05) is 66.1 Å². The highest BCUT2D eigenvalue weighted by atomic mass is 35.5. The summed E-state index contributed by atoms with van der Waals surface area (Å²) < 4.78 is 11.2. The third kappa shape index (κ3) is 6.00. The van der Waals surface area contributed by atoms with Crippen molar-refractivity contribution in [1.82, 2.24) is 25.0 Å². The minimum Gasteiger partial charge on any atom is -0.484 e. The van der Waals surface area contributed by atoms with E-state index in [9.17, 15) is 9.59 Å². The van der Waals surface area contributed by atoms with Crippen LogP contribution in [0.3, 0.4) is 0 Å². The molecule has 10 heteroatoms. The van der Waals surface area contributed by atoms with Crippen LogP contribution in [0.25, 0.3) is 10.9 Å². The van der Waals surface area contributed by atoms with Gasteiger partial charge in [0.25, 0.3) is 5.91 Å². The van der Waals surface area contributed by atoms with Gasteiger partial charge in [-0.05, 0) is 61.9 Å². The van der Waals surface area contributed by atoms with Crippen LogP contribution >= 0.6 is 11.6 Å². The molecule has 0 spiro atoms. The fourth-order valence-corrected chi connectivity index (χ4v) is 5.66. The van der Waals surface area contributed by atoms with Gasteiger partial charge in [-0.15, -0.1) is 0 Å². The molecular formula is C29H36ClN5O4. The van der Waals surface area contributed by atoms with Crippen LogP contribution in [0.1, 0.15) is 29.8 Å². The highest BCUT2D eigenvalue weighted by Gasteiger charge is 2.35. The Bertz CT molecular complexity index is 1300. The van der Waals surface area contributed by atoms with E-state index in [1.165, 1.54) is 0 Å². The van der Waals surface area contributed by atoms with E-state index in [0.29, 0.717) is 43.4 Å². The number of nitrogens with one attached hydrogen (secondary N) is 2. The molecule has 5 rings (SSSR count). The van der Waals surface area contributed by atoms with Crippen LogP contribution in [-0.2, 0) is 16.0 Å². The van der Waals surface area contributed by atoms with Crippen LogP contribution in [0, 0.1) is 0 Å². The Balaban J connectivity index is 1.29. The van der Waals surface area contributed by atoms with Crippen LogP contribution in [0.15, 0.2) is 42.5 Å². The van der Waals surface area contributed by atoms with Gasteiger partial charge in [0.15, 0.2) is 6.61 Å². The SMILES string of the molecule is CCOC(=O)N1CCc2c([nH]c3ccc(Cl)cc23)C1c1ccc(OCC(=O)N2CCN(CCNC)CC2)cc1. The molecule has 0 radical (unpaired) electrons. The first-order valence-corrected chi connectivity index (χ1v) is 14.0. The molecular weight excluding hydrogens is 518 g/mol. The second kappa shape index (κ2) is 12.3. The Labute approximate surface area is 234 Å². The molecule has 3 heterocycles. The molecule has 1 aromatic heterocycles. The fraction of sp³-hybridized carbons (Fsp3) is 0.448. The molecule has 208 valence electrons. The minimum absolute atomic E-state index is 0.00116. The van der Waals surface area contributed by atoms with Crippen molar-refractivity contribution < 1.29 is 19.1 Å². The first-order chi connectivity index (χ1) is 19.0. The molecule has 2 N–H and O–H groups in total. The van der Waals surface area contributed by atoms with E-state index in [1.54, 1.807) is 4.90 Å². The van der Waals surface area contributed by atoms with Crippen LogP contribution in [0.2, 0.25) is 5.02 Å². The maximum Gasteiger partial charge on any atom is 0.410 e. The Hall–Kier alpha value is -3.27. The number of aromatic nitrogens is 1. The molecule has 9 nitrogen and oxygen atoms in total. The van der Waals surface area contributed by atoms with Gasteiger partial charge in [0.05, 0.1) is 6.61 Å². The van der Waals surface area contributed by atoms with Crippen LogP contribution < -0.4 is 10.1 Å². The number of hydrogen-bond donors (Lipinski definition) is 2. The zero-order chi connectivity index (χ0) is 27.4. The Morgan fingerprint density at radius 1 is 1.08 bits per heavy atom. The van der Waals surface area contributed by atoms with Gasteiger partial charge in [0.1, 0.15) is 11.8 Å². The molecule has 0 aliphatic carbocycles. The third-order valence-corrected chi connectivity index (χ3v) is 7.79. The number of hydrogen-bond acceptors (Lipinski definition) is 6. The molecule has 3 aromatic rings. The van der Waals surface area contributed by atoms with Gasteiger partial charge in [-0.1, -0.05) is 23.7 Å². The quantitative estimate of drug-likeness (QED) is 0.442. The number of piperazine rings is 1. The molecule has 2 aliphatic rings. The zero-order valence-corrected chi connectivity index (χ0v) is 23.3. The lowest BCUT2D eigenvalue weighted by atomic mass is 9.92. The molecule has 1 atom stereocenters. The smallest absolute Gasteiger partial charge is 0.410 e. The van der Waals surface area contributed by atoms with Gasteiger partial charge in [0, 0.05) is 67.4 Å². The van der Waals surface area contributed by atoms with E-state index in [4.69, 9.17) is 21.1 Å². The predicted octanol–water partition coefficient (Wildman–Crippen LogP) is 3.67. The first-order valence-electron chi connectivity index (χ1n) is 13.6. The van der Waals surface area contributed by atoms with E-state index in [-0.39, 0.29) is 24.6 Å². The van der Waals surface area contributed by atoms with Gasteiger partial charge in [0.2, 0.25) is 0 Å². The summed E-state index contributed by atoms with van der Waals surface area (Å²) in [6, 6.07) is 13.1. The van der Waals surface area contributed by atoms with Crippen molar-refractivity contribution in [2.24, 2.45) is 0 Å². The molecule has 0 saturated carbocycles. The van der Waals surface area contributed by atoms with Crippen molar-refractivity contribution in [1.29, 1.82) is 0 Å². The summed E-state index contributed by atoms with van der Waals surface area (Å²) in [5.41, 5.74) is 4.04. The van der Waals surface area contributed by atoms with Gasteiger partial charge in [-0.3, -0.25) is 14.6 Å². The number of fused-ring (bicyclic) bond motifs is 3. The lowest BCUT2D eigenvalue weighted by Gasteiger charge is -2.35. The van der Waals surface area contributed by atoms with E-state index in [1.807, 2.05) is 61.3 Å². The maximum absolute atomic E-state index is 12.9. The minimum atomic E-state index is -0.346. The number of ether oxygens (including phenoxy) is 2. The highest BCUT2D eigenvalue weighted by Crippen LogP contribution is 2.39. The van der Waals surface area contributed by atoms with E-state index >= 15 is 0 Å². The van der Waals surface area contributed by atoms with E-state index < -0.39 is 0 Å². The number of nitrogens with zero attached hydrogens (tertiary/aromatic N) is 3. The summed E-state index contributed by atoms with van der Waals surface area (Å²) in [6.07, 6.45) is 0.361. The van der Waals surface area contributed by atoms with Gasteiger partial charge in [-0.25, -0.2) is 4.79 Å². The maximum atomic E-state index is 12.9. The van der Waals surface area contributed by atoms with Gasteiger partial charge < -0.3 is 24.7 Å². The molecule has 1 fully saturated rings. The standard InChI is InChI=1S/C29H36ClN5O4/c1-3-38-29(37)35-12-10-23-24-18-21(30)6-9-25(24)32-27(23)28(35)20-4-7-22(8-5-20)39-19-26(36)34-16-14-33(15-17-34)13-11-31-2/h4-9,18,28,31-32H,3,10-17,19H2,1-2H3. The summed E-state index contributed by atoms with van der Waals surface area (Å²) in [7, 11) is 1.95. The van der Waals surface area contributed by atoms with E-state index in [2.05, 4.69) is 15.2 Å². The lowest BCUT2D eigenvalue weighted by Crippen LogP contribution is -2.51. The molecule has 1 unspecified atom stereocenters. The number of halogens is 1. The molecule has 0 bridgehead atoms. The third-order valence-electron chi connectivity index (χ3n) is 7.55. The average Bonchev–Trinajstić information content (AvgIpc) is 3.33. The second-order valence-electron chi connectivity index (χ2n) is 9.94. The predicted molar refractivity (Wildman–Crippen MR) is 151 cm³/mol. The van der Waals surface area contributed by atoms with Crippen LogP contribution in [0.4, 0.5) is 4.79 Å². The van der Waals surface area contributed by atoms with Crippen molar-refractivity contribution in [2.45, 2.75) is 19.4 Å². The second-order valence-corrected chi connectivity index (χ2v) is 10.4.